The van der Waals surface area contributed by atoms with Gasteiger partial charge in [0.2, 0.25) is 5.91 Å². The Labute approximate surface area is 274 Å². The molecule has 1 fully saturated rings. The third kappa shape index (κ3) is 20.2. The first-order valence-electron chi connectivity index (χ1n) is 18.7. The summed E-state index contributed by atoms with van der Waals surface area (Å²) in [5.41, 5.74) is 0. The standard InChI is InChI=1S/C36H71NO8/c1-3-5-7-8-9-10-11-12-13-14-15-16-17-18-19-20-21-22-24-26-32(40)37-29(30(39)25-23-6-4-2)28-44-36-35(43)34(42)33(41)31(27-38)45-36/h29-31,33-36,38-39,41-43H,3-28H2,1-2H3,(H,37,40). The summed E-state index contributed by atoms with van der Waals surface area (Å²) in [6.45, 7) is 3.66. The monoisotopic (exact) mass is 646 g/mol. The number of unbranched alkanes of at least 4 members (excludes halogenated alkanes) is 20. The maximum Gasteiger partial charge on any atom is 0.220 e. The van der Waals surface area contributed by atoms with Crippen molar-refractivity contribution in [2.75, 3.05) is 13.2 Å². The first-order chi connectivity index (χ1) is 21.8. The molecule has 45 heavy (non-hydrogen) atoms. The van der Waals surface area contributed by atoms with Gasteiger partial charge < -0.3 is 40.3 Å². The Balaban J connectivity index is 2.17. The highest BCUT2D eigenvalue weighted by Gasteiger charge is 2.44. The Morgan fingerprint density at radius 3 is 1.58 bits per heavy atom. The lowest BCUT2D eigenvalue weighted by molar-refractivity contribution is -0.302. The van der Waals surface area contributed by atoms with Crippen LogP contribution >= 0.6 is 0 Å². The van der Waals surface area contributed by atoms with Crippen molar-refractivity contribution in [2.45, 2.75) is 211 Å². The van der Waals surface area contributed by atoms with E-state index >= 15 is 0 Å². The fourth-order valence-electron chi connectivity index (χ4n) is 6.10. The van der Waals surface area contributed by atoms with Crippen molar-refractivity contribution in [3.63, 3.8) is 0 Å². The summed E-state index contributed by atoms with van der Waals surface area (Å²) in [4.78, 5) is 12.7. The molecular weight excluding hydrogens is 574 g/mol. The Morgan fingerprint density at radius 1 is 0.667 bits per heavy atom. The third-order valence-electron chi connectivity index (χ3n) is 9.21. The minimum Gasteiger partial charge on any atom is -0.394 e. The topological polar surface area (TPSA) is 149 Å². The lowest BCUT2D eigenvalue weighted by atomic mass is 9.99. The second kappa shape index (κ2) is 28.2. The summed E-state index contributed by atoms with van der Waals surface area (Å²) in [6.07, 6.45) is 20.6. The van der Waals surface area contributed by atoms with Crippen LogP contribution in [0.1, 0.15) is 168 Å². The quantitative estimate of drug-likeness (QED) is 0.0517. The van der Waals surface area contributed by atoms with Crippen LogP contribution in [0.2, 0.25) is 0 Å². The number of aliphatic hydroxyl groups excluding tert-OH is 5. The summed E-state index contributed by atoms with van der Waals surface area (Å²) < 4.78 is 11.1. The van der Waals surface area contributed by atoms with Crippen LogP contribution < -0.4 is 5.32 Å². The molecule has 268 valence electrons. The normalized spacial score (nSPS) is 23.2. The number of amides is 1. The van der Waals surface area contributed by atoms with Crippen molar-refractivity contribution < 1.29 is 39.8 Å². The molecule has 1 aliphatic rings. The SMILES string of the molecule is CCCCCCCCCCCCCCCCCCCCCC(=O)NC(COC1OC(CO)C(O)C(O)C1O)C(O)CCCCC. The molecule has 1 rings (SSSR count). The molecule has 0 aromatic carbocycles. The van der Waals surface area contributed by atoms with Crippen molar-refractivity contribution in [3.05, 3.63) is 0 Å². The molecule has 1 heterocycles. The van der Waals surface area contributed by atoms with Crippen LogP contribution in [-0.4, -0.2) is 87.5 Å². The largest absolute Gasteiger partial charge is 0.394 e. The Hall–Kier alpha value is -0.810. The molecule has 1 saturated heterocycles. The van der Waals surface area contributed by atoms with Gasteiger partial charge in [-0.25, -0.2) is 0 Å². The van der Waals surface area contributed by atoms with Crippen molar-refractivity contribution in [1.29, 1.82) is 0 Å². The van der Waals surface area contributed by atoms with E-state index in [-0.39, 0.29) is 12.5 Å². The fourth-order valence-corrected chi connectivity index (χ4v) is 6.10. The van der Waals surface area contributed by atoms with Gasteiger partial charge in [-0.05, 0) is 12.8 Å². The van der Waals surface area contributed by atoms with Crippen molar-refractivity contribution in [1.82, 2.24) is 5.32 Å². The molecule has 7 unspecified atom stereocenters. The first kappa shape index (κ1) is 42.2. The van der Waals surface area contributed by atoms with Gasteiger partial charge >= 0.3 is 0 Å². The zero-order valence-corrected chi connectivity index (χ0v) is 28.9. The van der Waals surface area contributed by atoms with Crippen molar-refractivity contribution in [3.8, 4) is 0 Å². The minimum absolute atomic E-state index is 0.138. The number of rotatable bonds is 30. The molecule has 1 amide bonds. The summed E-state index contributed by atoms with van der Waals surface area (Å²) in [5.74, 6) is -0.154. The van der Waals surface area contributed by atoms with E-state index in [1.807, 2.05) is 0 Å². The third-order valence-corrected chi connectivity index (χ3v) is 9.21. The lowest BCUT2D eigenvalue weighted by Crippen LogP contribution is -2.60. The molecule has 0 spiro atoms. The number of aliphatic hydroxyl groups is 5. The van der Waals surface area contributed by atoms with Gasteiger partial charge in [0.05, 0.1) is 25.4 Å². The number of ether oxygens (including phenoxy) is 2. The predicted octanol–water partition coefficient (Wildman–Crippen LogP) is 6.05. The zero-order valence-electron chi connectivity index (χ0n) is 28.9. The van der Waals surface area contributed by atoms with E-state index in [1.165, 1.54) is 103 Å². The van der Waals surface area contributed by atoms with Gasteiger partial charge in [-0.3, -0.25) is 4.79 Å². The second-order valence-corrected chi connectivity index (χ2v) is 13.4. The van der Waals surface area contributed by atoms with E-state index in [1.54, 1.807) is 0 Å². The van der Waals surface area contributed by atoms with E-state index in [0.29, 0.717) is 12.8 Å². The summed E-state index contributed by atoms with van der Waals surface area (Å²) in [5, 5.41) is 53.4. The highest BCUT2D eigenvalue weighted by atomic mass is 16.7. The van der Waals surface area contributed by atoms with Crippen molar-refractivity contribution in [2.24, 2.45) is 0 Å². The average Bonchev–Trinajstić information content (AvgIpc) is 3.03. The Morgan fingerprint density at radius 2 is 1.11 bits per heavy atom. The highest BCUT2D eigenvalue weighted by Crippen LogP contribution is 2.23. The Kier molecular flexibility index (Phi) is 26.5. The maximum absolute atomic E-state index is 12.7. The van der Waals surface area contributed by atoms with Gasteiger partial charge in [0.15, 0.2) is 6.29 Å². The fraction of sp³-hybridized carbons (Fsp3) is 0.972. The number of hydrogen-bond donors (Lipinski definition) is 6. The van der Waals surface area contributed by atoms with Gasteiger partial charge in [0, 0.05) is 6.42 Å². The van der Waals surface area contributed by atoms with Crippen LogP contribution in [0.15, 0.2) is 0 Å². The second-order valence-electron chi connectivity index (χ2n) is 13.4. The van der Waals surface area contributed by atoms with Gasteiger partial charge in [0.25, 0.3) is 0 Å². The van der Waals surface area contributed by atoms with Gasteiger partial charge in [-0.15, -0.1) is 0 Å². The maximum atomic E-state index is 12.7. The van der Waals surface area contributed by atoms with Crippen LogP contribution in [0.25, 0.3) is 0 Å². The van der Waals surface area contributed by atoms with Gasteiger partial charge in [-0.2, -0.15) is 0 Å². The number of hydrogen-bond acceptors (Lipinski definition) is 8. The summed E-state index contributed by atoms with van der Waals surface area (Å²) in [7, 11) is 0. The zero-order chi connectivity index (χ0) is 33.1. The summed E-state index contributed by atoms with van der Waals surface area (Å²) in [6, 6.07) is -0.706. The molecule has 0 aromatic rings. The van der Waals surface area contributed by atoms with E-state index in [2.05, 4.69) is 19.2 Å². The number of carbonyl (C=O) groups excluding carboxylic acids is 1. The van der Waals surface area contributed by atoms with E-state index < -0.39 is 49.5 Å². The molecule has 0 aromatic heterocycles. The van der Waals surface area contributed by atoms with E-state index in [0.717, 1.165) is 38.5 Å². The smallest absolute Gasteiger partial charge is 0.220 e. The molecule has 0 aliphatic carbocycles. The van der Waals surface area contributed by atoms with E-state index in [9.17, 15) is 30.3 Å². The van der Waals surface area contributed by atoms with Crippen LogP contribution in [0.3, 0.4) is 0 Å². The van der Waals surface area contributed by atoms with E-state index in [4.69, 9.17) is 9.47 Å². The van der Waals surface area contributed by atoms with Crippen LogP contribution in [0.4, 0.5) is 0 Å². The Bertz CT molecular complexity index is 681. The van der Waals surface area contributed by atoms with Crippen LogP contribution in [-0.2, 0) is 14.3 Å². The molecule has 0 radical (unpaired) electrons. The van der Waals surface area contributed by atoms with Crippen molar-refractivity contribution >= 4 is 5.91 Å². The number of carbonyl (C=O) groups is 1. The van der Waals surface area contributed by atoms with Gasteiger partial charge in [0.1, 0.15) is 24.4 Å². The predicted molar refractivity (Wildman–Crippen MR) is 180 cm³/mol. The molecular formula is C36H71NO8. The first-order valence-corrected chi connectivity index (χ1v) is 18.7. The number of nitrogens with one attached hydrogen (secondary N) is 1. The molecule has 1 aliphatic heterocycles. The molecule has 0 saturated carbocycles. The van der Waals surface area contributed by atoms with Crippen LogP contribution in [0, 0.1) is 0 Å². The molecule has 6 N–H and O–H groups in total. The highest BCUT2D eigenvalue weighted by molar-refractivity contribution is 5.76. The molecule has 9 heteroatoms. The molecule has 9 nitrogen and oxygen atoms in total. The lowest BCUT2D eigenvalue weighted by Gasteiger charge is -2.40. The van der Waals surface area contributed by atoms with Crippen LogP contribution in [0.5, 0.6) is 0 Å². The summed E-state index contributed by atoms with van der Waals surface area (Å²) >= 11 is 0. The average molecular weight is 646 g/mol. The molecule has 7 atom stereocenters. The molecule has 0 bridgehead atoms. The minimum atomic E-state index is -1.54. The van der Waals surface area contributed by atoms with Gasteiger partial charge in [-0.1, -0.05) is 149 Å².